The molecular formula is C19H17N3O3. The summed E-state index contributed by atoms with van der Waals surface area (Å²) in [4.78, 5) is 16.4. The molecule has 3 rings (SSSR count). The molecule has 0 saturated carbocycles. The fourth-order valence-corrected chi connectivity index (χ4v) is 2.30. The maximum absolute atomic E-state index is 12.1. The van der Waals surface area contributed by atoms with Gasteiger partial charge in [0.05, 0.1) is 18.3 Å². The van der Waals surface area contributed by atoms with Crippen molar-refractivity contribution in [1.29, 1.82) is 0 Å². The number of fused-ring (bicyclic) bond motifs is 1. The van der Waals surface area contributed by atoms with Gasteiger partial charge in [-0.1, -0.05) is 24.3 Å². The van der Waals surface area contributed by atoms with E-state index in [2.05, 4.69) is 15.5 Å². The smallest absolute Gasteiger partial charge is 0.289 e. The summed E-state index contributed by atoms with van der Waals surface area (Å²) < 4.78 is 5.29. The van der Waals surface area contributed by atoms with Crippen molar-refractivity contribution in [3.05, 3.63) is 65.9 Å². The molecule has 0 aliphatic heterocycles. The Balaban J connectivity index is 1.69. The molecule has 6 heteroatoms. The second kappa shape index (κ2) is 7.44. The van der Waals surface area contributed by atoms with E-state index in [1.165, 1.54) is 12.3 Å². The van der Waals surface area contributed by atoms with Gasteiger partial charge in [0.2, 0.25) is 0 Å². The highest BCUT2D eigenvalue weighted by atomic mass is 16.5. The summed E-state index contributed by atoms with van der Waals surface area (Å²) in [7, 11) is 0. The second-order valence-electron chi connectivity index (χ2n) is 5.24. The number of aromatic nitrogens is 1. The number of carbonyl (C=O) groups is 1. The number of phenols is 1. The molecule has 0 bridgehead atoms. The van der Waals surface area contributed by atoms with E-state index in [4.69, 9.17) is 4.74 Å². The molecule has 0 radical (unpaired) electrons. The number of amides is 1. The molecule has 2 N–H and O–H groups in total. The van der Waals surface area contributed by atoms with Crippen LogP contribution < -0.4 is 10.2 Å². The van der Waals surface area contributed by atoms with Crippen LogP contribution in [0.5, 0.6) is 11.5 Å². The van der Waals surface area contributed by atoms with E-state index in [9.17, 15) is 9.90 Å². The highest BCUT2D eigenvalue weighted by Gasteiger charge is 2.07. The molecule has 1 aromatic heterocycles. The van der Waals surface area contributed by atoms with Crippen LogP contribution in [-0.4, -0.2) is 28.8 Å². The number of rotatable bonds is 5. The first-order chi connectivity index (χ1) is 12.2. The van der Waals surface area contributed by atoms with Crippen LogP contribution in [0.15, 0.2) is 59.7 Å². The van der Waals surface area contributed by atoms with Gasteiger partial charge in [-0.05, 0) is 31.2 Å². The van der Waals surface area contributed by atoms with Gasteiger partial charge in [0, 0.05) is 17.0 Å². The Morgan fingerprint density at radius 1 is 1.24 bits per heavy atom. The Morgan fingerprint density at radius 3 is 2.88 bits per heavy atom. The summed E-state index contributed by atoms with van der Waals surface area (Å²) in [5, 5.41) is 14.8. The highest BCUT2D eigenvalue weighted by Crippen LogP contribution is 2.22. The van der Waals surface area contributed by atoms with Crippen LogP contribution >= 0.6 is 0 Å². The standard InChI is InChI=1S/C19H17N3O3/c1-2-25-15-9-7-14(18(23)11-15)12-20-22-19(24)17-10-8-13-5-3-4-6-16(13)21-17/h3-12,23H,2H2,1H3,(H,22,24)/b20-12+. The minimum atomic E-state index is -0.424. The lowest BCUT2D eigenvalue weighted by Crippen LogP contribution is -2.18. The summed E-state index contributed by atoms with van der Waals surface area (Å²) in [6.07, 6.45) is 1.37. The highest BCUT2D eigenvalue weighted by molar-refractivity contribution is 5.95. The van der Waals surface area contributed by atoms with Crippen LogP contribution in [0, 0.1) is 0 Å². The maximum Gasteiger partial charge on any atom is 0.289 e. The molecule has 0 fully saturated rings. The van der Waals surface area contributed by atoms with Gasteiger partial charge in [0.15, 0.2) is 0 Å². The minimum Gasteiger partial charge on any atom is -0.507 e. The van der Waals surface area contributed by atoms with E-state index in [1.807, 2.05) is 37.3 Å². The number of hydrazone groups is 1. The first kappa shape index (κ1) is 16.4. The molecule has 0 atom stereocenters. The van der Waals surface area contributed by atoms with Crippen molar-refractivity contribution in [2.24, 2.45) is 5.10 Å². The third-order valence-corrected chi connectivity index (χ3v) is 3.51. The molecule has 0 saturated heterocycles. The second-order valence-corrected chi connectivity index (χ2v) is 5.24. The third kappa shape index (κ3) is 3.92. The van der Waals surface area contributed by atoms with Gasteiger partial charge in [-0.3, -0.25) is 4.79 Å². The largest absolute Gasteiger partial charge is 0.507 e. The number of para-hydroxylation sites is 1. The number of aromatic hydroxyl groups is 1. The van der Waals surface area contributed by atoms with Gasteiger partial charge in [-0.2, -0.15) is 5.10 Å². The number of pyridine rings is 1. The van der Waals surface area contributed by atoms with E-state index in [0.29, 0.717) is 17.9 Å². The van der Waals surface area contributed by atoms with Crippen molar-refractivity contribution >= 4 is 23.0 Å². The van der Waals surface area contributed by atoms with Crippen LogP contribution in [0.25, 0.3) is 10.9 Å². The summed E-state index contributed by atoms with van der Waals surface area (Å²) >= 11 is 0. The number of nitrogens with zero attached hydrogens (tertiary/aromatic N) is 2. The first-order valence-corrected chi connectivity index (χ1v) is 7.82. The molecule has 1 amide bonds. The van der Waals surface area contributed by atoms with Crippen molar-refractivity contribution in [2.75, 3.05) is 6.61 Å². The van der Waals surface area contributed by atoms with Crippen LogP contribution in [0.2, 0.25) is 0 Å². The van der Waals surface area contributed by atoms with E-state index in [1.54, 1.807) is 18.2 Å². The number of hydrogen-bond acceptors (Lipinski definition) is 5. The summed E-state index contributed by atoms with van der Waals surface area (Å²) in [6, 6.07) is 15.9. The van der Waals surface area contributed by atoms with Crippen LogP contribution in [0.1, 0.15) is 23.0 Å². The van der Waals surface area contributed by atoms with E-state index in [-0.39, 0.29) is 11.4 Å². The van der Waals surface area contributed by atoms with Crippen LogP contribution in [0.4, 0.5) is 0 Å². The Hall–Kier alpha value is -3.41. The van der Waals surface area contributed by atoms with Gasteiger partial charge in [0.25, 0.3) is 5.91 Å². The molecule has 2 aromatic carbocycles. The number of carbonyl (C=O) groups excluding carboxylic acids is 1. The van der Waals surface area contributed by atoms with Crippen molar-refractivity contribution in [2.45, 2.75) is 6.92 Å². The molecule has 0 aliphatic carbocycles. The fraction of sp³-hybridized carbons (Fsp3) is 0.105. The zero-order valence-corrected chi connectivity index (χ0v) is 13.6. The predicted octanol–water partition coefficient (Wildman–Crippen LogP) is 3.10. The number of hydrogen-bond donors (Lipinski definition) is 2. The number of nitrogens with one attached hydrogen (secondary N) is 1. The van der Waals surface area contributed by atoms with Crippen molar-refractivity contribution < 1.29 is 14.6 Å². The average molecular weight is 335 g/mol. The van der Waals surface area contributed by atoms with Gasteiger partial charge in [-0.25, -0.2) is 10.4 Å². The quantitative estimate of drug-likeness (QED) is 0.554. The van der Waals surface area contributed by atoms with Crippen molar-refractivity contribution in [3.63, 3.8) is 0 Å². The van der Waals surface area contributed by atoms with Gasteiger partial charge < -0.3 is 9.84 Å². The van der Waals surface area contributed by atoms with Crippen LogP contribution in [0.3, 0.4) is 0 Å². The molecule has 0 spiro atoms. The molecular weight excluding hydrogens is 318 g/mol. The summed E-state index contributed by atoms with van der Waals surface area (Å²) in [5.41, 5.74) is 3.88. The summed E-state index contributed by atoms with van der Waals surface area (Å²) in [5.74, 6) is 0.168. The fourth-order valence-electron chi connectivity index (χ4n) is 2.30. The lowest BCUT2D eigenvalue weighted by molar-refractivity contribution is 0.0950. The van der Waals surface area contributed by atoms with Crippen molar-refractivity contribution in [1.82, 2.24) is 10.4 Å². The van der Waals surface area contributed by atoms with E-state index >= 15 is 0 Å². The van der Waals surface area contributed by atoms with Gasteiger partial charge in [0.1, 0.15) is 17.2 Å². The molecule has 25 heavy (non-hydrogen) atoms. The lowest BCUT2D eigenvalue weighted by Gasteiger charge is -2.05. The van der Waals surface area contributed by atoms with Gasteiger partial charge in [-0.15, -0.1) is 0 Å². The predicted molar refractivity (Wildman–Crippen MR) is 96.1 cm³/mol. The Morgan fingerprint density at radius 2 is 2.08 bits per heavy atom. The van der Waals surface area contributed by atoms with E-state index in [0.717, 1.165) is 10.9 Å². The number of benzene rings is 2. The summed E-state index contributed by atoms with van der Waals surface area (Å²) in [6.45, 7) is 2.38. The maximum atomic E-state index is 12.1. The zero-order chi connectivity index (χ0) is 17.6. The normalized spacial score (nSPS) is 10.9. The molecule has 1 heterocycles. The molecule has 3 aromatic rings. The Kier molecular flexibility index (Phi) is 4.89. The SMILES string of the molecule is CCOc1ccc(/C=N/NC(=O)c2ccc3ccccc3n2)c(O)c1. The number of phenolic OH excluding ortho intramolecular Hbond substituents is 1. The molecule has 0 aliphatic rings. The van der Waals surface area contributed by atoms with Crippen molar-refractivity contribution in [3.8, 4) is 11.5 Å². The van der Waals surface area contributed by atoms with Gasteiger partial charge >= 0.3 is 0 Å². The molecule has 126 valence electrons. The lowest BCUT2D eigenvalue weighted by atomic mass is 10.2. The third-order valence-electron chi connectivity index (χ3n) is 3.51. The topological polar surface area (TPSA) is 83.8 Å². The van der Waals surface area contributed by atoms with E-state index < -0.39 is 5.91 Å². The Labute approximate surface area is 144 Å². The Bertz CT molecular complexity index is 938. The van der Waals surface area contributed by atoms with Crippen LogP contribution in [-0.2, 0) is 0 Å². The first-order valence-electron chi connectivity index (χ1n) is 7.82. The monoisotopic (exact) mass is 335 g/mol. The molecule has 6 nitrogen and oxygen atoms in total. The number of ether oxygens (including phenoxy) is 1. The average Bonchev–Trinajstić information content (AvgIpc) is 2.63. The zero-order valence-electron chi connectivity index (χ0n) is 13.6. The molecule has 0 unspecified atom stereocenters. The minimum absolute atomic E-state index is 0.0211.